The summed E-state index contributed by atoms with van der Waals surface area (Å²) in [6.45, 7) is 2.08. The van der Waals surface area contributed by atoms with Gasteiger partial charge in [-0.05, 0) is 77.9 Å². The predicted molar refractivity (Wildman–Crippen MR) is 143 cm³/mol. The van der Waals surface area contributed by atoms with Gasteiger partial charge < -0.3 is 19.5 Å². The number of likely N-dealkylation sites (N-methyl/N-ethyl adjacent to an activating group) is 1. The summed E-state index contributed by atoms with van der Waals surface area (Å²) in [4.78, 5) is 24.4. The second-order valence-electron chi connectivity index (χ2n) is 10.5. The van der Waals surface area contributed by atoms with E-state index >= 15 is 0 Å². The summed E-state index contributed by atoms with van der Waals surface area (Å²) in [5.41, 5.74) is 10.4. The molecule has 1 aliphatic carbocycles. The Morgan fingerprint density at radius 2 is 1.86 bits per heavy atom. The van der Waals surface area contributed by atoms with E-state index in [2.05, 4.69) is 35.1 Å². The maximum Gasteiger partial charge on any atom is 0.253 e. The Balaban J connectivity index is 1.41. The number of carbonyl (C=O) groups excluding carboxylic acids is 1. The zero-order valence-corrected chi connectivity index (χ0v) is 21.3. The number of ether oxygens (including phenoxy) is 1. The Hall–Kier alpha value is -3.48. The van der Waals surface area contributed by atoms with Crippen molar-refractivity contribution in [1.82, 2.24) is 19.8 Å². The molecule has 2 atom stereocenters. The molecular formula is C30H32N4O2. The normalized spacial score (nSPS) is 19.3. The van der Waals surface area contributed by atoms with Gasteiger partial charge in [-0.15, -0.1) is 0 Å². The van der Waals surface area contributed by atoms with Gasteiger partial charge in [0.15, 0.2) is 0 Å². The van der Waals surface area contributed by atoms with E-state index in [0.717, 1.165) is 53.7 Å². The molecule has 0 bridgehead atoms. The predicted octanol–water partition coefficient (Wildman–Crippen LogP) is 5.09. The monoisotopic (exact) mass is 480 g/mol. The van der Waals surface area contributed by atoms with E-state index in [1.165, 1.54) is 16.7 Å². The second kappa shape index (κ2) is 8.87. The van der Waals surface area contributed by atoms with Gasteiger partial charge in [-0.2, -0.15) is 0 Å². The minimum atomic E-state index is 0.00407. The fourth-order valence-electron chi connectivity index (χ4n) is 6.06. The molecule has 36 heavy (non-hydrogen) atoms. The summed E-state index contributed by atoms with van der Waals surface area (Å²) >= 11 is 0. The minimum Gasteiger partial charge on any atom is -0.381 e. The van der Waals surface area contributed by atoms with E-state index in [1.54, 1.807) is 24.6 Å². The number of methoxy groups -OCH3 is 1. The molecule has 2 aliphatic rings. The van der Waals surface area contributed by atoms with Crippen molar-refractivity contribution in [3.63, 3.8) is 0 Å². The van der Waals surface area contributed by atoms with Crippen molar-refractivity contribution < 1.29 is 9.53 Å². The summed E-state index contributed by atoms with van der Waals surface area (Å²) in [6, 6.07) is 14.8. The van der Waals surface area contributed by atoms with Crippen LogP contribution in [0.15, 0.2) is 54.9 Å². The molecule has 2 aromatic carbocycles. The van der Waals surface area contributed by atoms with Crippen LogP contribution >= 0.6 is 0 Å². The average molecular weight is 481 g/mol. The molecule has 1 N–H and O–H groups in total. The number of carbonyl (C=O) groups is 1. The number of rotatable bonds is 4. The number of pyridine rings is 1. The smallest absolute Gasteiger partial charge is 0.253 e. The van der Waals surface area contributed by atoms with Crippen LogP contribution < -0.4 is 0 Å². The van der Waals surface area contributed by atoms with Crippen molar-refractivity contribution in [1.29, 1.82) is 0 Å². The van der Waals surface area contributed by atoms with Crippen LogP contribution in [0.4, 0.5) is 0 Å². The lowest BCUT2D eigenvalue weighted by Crippen LogP contribution is -2.37. The van der Waals surface area contributed by atoms with E-state index in [9.17, 15) is 4.79 Å². The first-order valence-electron chi connectivity index (χ1n) is 12.6. The lowest BCUT2D eigenvalue weighted by molar-refractivity contribution is 0.0752. The van der Waals surface area contributed by atoms with Crippen molar-refractivity contribution in [3.8, 4) is 22.3 Å². The summed E-state index contributed by atoms with van der Waals surface area (Å²) in [5.74, 6) is 0.546. The highest BCUT2D eigenvalue weighted by Gasteiger charge is 2.33. The minimum absolute atomic E-state index is 0.00407. The van der Waals surface area contributed by atoms with Crippen LogP contribution in [-0.4, -0.2) is 66.6 Å². The molecule has 6 heteroatoms. The molecule has 6 nitrogen and oxygen atoms in total. The van der Waals surface area contributed by atoms with Crippen LogP contribution in [0, 0.1) is 0 Å². The second-order valence-corrected chi connectivity index (χ2v) is 10.5. The van der Waals surface area contributed by atoms with E-state index < -0.39 is 0 Å². The highest BCUT2D eigenvalue weighted by atomic mass is 16.5. The van der Waals surface area contributed by atoms with Crippen LogP contribution in [0.25, 0.3) is 33.3 Å². The quantitative estimate of drug-likeness (QED) is 0.442. The van der Waals surface area contributed by atoms with Crippen molar-refractivity contribution in [2.24, 2.45) is 0 Å². The molecule has 0 spiro atoms. The number of aromatic amines is 1. The number of hydrogen-bond donors (Lipinski definition) is 1. The molecule has 0 radical (unpaired) electrons. The summed E-state index contributed by atoms with van der Waals surface area (Å²) in [7, 11) is 7.58. The van der Waals surface area contributed by atoms with E-state index in [4.69, 9.17) is 9.72 Å². The first kappa shape index (κ1) is 23.0. The van der Waals surface area contributed by atoms with Crippen molar-refractivity contribution in [2.45, 2.75) is 31.4 Å². The van der Waals surface area contributed by atoms with Crippen LogP contribution in [0.5, 0.6) is 0 Å². The average Bonchev–Trinajstić information content (AvgIpc) is 3.31. The van der Waals surface area contributed by atoms with Crippen LogP contribution in [0.3, 0.4) is 0 Å². The third kappa shape index (κ3) is 3.91. The number of H-pyrrole nitrogens is 1. The number of aromatic nitrogens is 2. The number of benzene rings is 2. The Morgan fingerprint density at radius 3 is 2.61 bits per heavy atom. The molecule has 4 aromatic rings. The molecule has 3 heterocycles. The molecule has 0 fully saturated rings. The van der Waals surface area contributed by atoms with Gasteiger partial charge in [0.2, 0.25) is 0 Å². The van der Waals surface area contributed by atoms with Crippen LogP contribution in [-0.2, 0) is 17.7 Å². The van der Waals surface area contributed by atoms with E-state index in [0.29, 0.717) is 11.5 Å². The summed E-state index contributed by atoms with van der Waals surface area (Å²) in [6.07, 6.45) is 6.31. The molecule has 6 rings (SSSR count). The van der Waals surface area contributed by atoms with Gasteiger partial charge >= 0.3 is 0 Å². The largest absolute Gasteiger partial charge is 0.381 e. The van der Waals surface area contributed by atoms with Gasteiger partial charge in [0, 0.05) is 68.8 Å². The Bertz CT molecular complexity index is 1450. The first-order valence-corrected chi connectivity index (χ1v) is 12.6. The molecule has 0 saturated heterocycles. The first-order chi connectivity index (χ1) is 17.4. The van der Waals surface area contributed by atoms with Gasteiger partial charge in [0.05, 0.1) is 6.10 Å². The zero-order valence-electron chi connectivity index (χ0n) is 21.3. The number of nitrogens with one attached hydrogen (secondary N) is 1. The van der Waals surface area contributed by atoms with E-state index in [-0.39, 0.29) is 12.0 Å². The molecule has 2 aromatic heterocycles. The van der Waals surface area contributed by atoms with E-state index in [1.807, 2.05) is 43.8 Å². The van der Waals surface area contributed by atoms with Crippen molar-refractivity contribution >= 4 is 16.9 Å². The lowest BCUT2D eigenvalue weighted by Gasteiger charge is -2.39. The summed E-state index contributed by atoms with van der Waals surface area (Å²) < 4.78 is 5.81. The molecule has 1 amide bonds. The van der Waals surface area contributed by atoms with Crippen molar-refractivity contribution in [2.75, 3.05) is 34.8 Å². The molecule has 2 unspecified atom stereocenters. The highest BCUT2D eigenvalue weighted by Crippen LogP contribution is 2.42. The molecular weight excluding hydrogens is 448 g/mol. The maximum absolute atomic E-state index is 12.3. The van der Waals surface area contributed by atoms with Gasteiger partial charge in [0.25, 0.3) is 5.91 Å². The van der Waals surface area contributed by atoms with Gasteiger partial charge in [-0.25, -0.2) is 4.98 Å². The standard InChI is InChI=1S/C30H32N4O2/c1-33(2)30(35)19-7-5-18(6-8-19)27-15-32-29-26(27)13-22(14-31-29)20-9-21-11-25(36-4)12-24-17-34(3)16-23(10-20)28(21)24/h5-10,13-15,24-25H,11-12,16-17H2,1-4H3,(H,31,32). The van der Waals surface area contributed by atoms with Crippen LogP contribution in [0.1, 0.15) is 39.4 Å². The fourth-order valence-corrected chi connectivity index (χ4v) is 6.06. The van der Waals surface area contributed by atoms with Crippen LogP contribution in [0.2, 0.25) is 0 Å². The number of hydrogen-bond acceptors (Lipinski definition) is 4. The SMILES string of the molecule is COC1Cc2cc(-c3cnc4[nH]cc(-c5ccc(C(=O)N(C)C)cc5)c4c3)cc3c2C(C1)CN(C)C3. The third-order valence-electron chi connectivity index (χ3n) is 7.77. The lowest BCUT2D eigenvalue weighted by atomic mass is 9.75. The van der Waals surface area contributed by atoms with Gasteiger partial charge in [-0.1, -0.05) is 18.2 Å². The number of fused-ring (bicyclic) bond motifs is 1. The zero-order chi connectivity index (χ0) is 25.0. The van der Waals surface area contributed by atoms with Gasteiger partial charge in [0.1, 0.15) is 5.65 Å². The fraction of sp³-hybridized carbons (Fsp3) is 0.333. The Labute approximate surface area is 211 Å². The topological polar surface area (TPSA) is 61.5 Å². The van der Waals surface area contributed by atoms with Gasteiger partial charge in [-0.3, -0.25) is 4.79 Å². The maximum atomic E-state index is 12.3. The Morgan fingerprint density at radius 1 is 1.08 bits per heavy atom. The Kier molecular flexibility index (Phi) is 5.66. The summed E-state index contributed by atoms with van der Waals surface area (Å²) in [5, 5.41) is 1.08. The molecule has 0 saturated carbocycles. The number of amides is 1. The molecule has 184 valence electrons. The molecule has 1 aliphatic heterocycles. The van der Waals surface area contributed by atoms with Crippen molar-refractivity contribution in [3.05, 3.63) is 77.1 Å². The third-order valence-corrected chi connectivity index (χ3v) is 7.77. The number of nitrogens with zero attached hydrogens (tertiary/aromatic N) is 3. The highest BCUT2D eigenvalue weighted by molar-refractivity contribution is 5.98.